The maximum absolute atomic E-state index is 12.1. The summed E-state index contributed by atoms with van der Waals surface area (Å²) in [5, 5.41) is 0. The van der Waals surface area contributed by atoms with Gasteiger partial charge < -0.3 is 9.64 Å². The monoisotopic (exact) mass is 243 g/mol. The molecule has 0 aliphatic carbocycles. The number of nitrogens with zero attached hydrogens (tertiary/aromatic N) is 1. The van der Waals surface area contributed by atoms with Gasteiger partial charge in [-0.2, -0.15) is 0 Å². The molecule has 0 bridgehead atoms. The third-order valence-corrected chi connectivity index (χ3v) is 3.02. The number of amides is 1. The molecule has 0 aromatic rings. The predicted octanol–water partition coefficient (Wildman–Crippen LogP) is 1.63. The quantitative estimate of drug-likeness (QED) is 0.571. The maximum Gasteiger partial charge on any atom is 0.410 e. The van der Waals surface area contributed by atoms with E-state index in [9.17, 15) is 4.79 Å². The van der Waals surface area contributed by atoms with E-state index in [4.69, 9.17) is 10.6 Å². The molecule has 17 heavy (non-hydrogen) atoms. The van der Waals surface area contributed by atoms with Crippen LogP contribution in [-0.2, 0) is 4.74 Å². The number of nitrogens with one attached hydrogen (secondary N) is 1. The first-order valence-electron chi connectivity index (χ1n) is 6.31. The lowest BCUT2D eigenvalue weighted by atomic mass is 9.97. The van der Waals surface area contributed by atoms with Gasteiger partial charge >= 0.3 is 6.09 Å². The molecule has 0 saturated carbocycles. The predicted molar refractivity (Wildman–Crippen MR) is 67.4 cm³/mol. The second-order valence-corrected chi connectivity index (χ2v) is 5.69. The van der Waals surface area contributed by atoms with Crippen LogP contribution in [0, 0.1) is 0 Å². The highest BCUT2D eigenvalue weighted by Gasteiger charge is 2.33. The summed E-state index contributed by atoms with van der Waals surface area (Å²) >= 11 is 0. The van der Waals surface area contributed by atoms with Crippen LogP contribution in [0.25, 0.3) is 0 Å². The summed E-state index contributed by atoms with van der Waals surface area (Å²) in [4.78, 5) is 13.9. The number of hydrogen-bond acceptors (Lipinski definition) is 4. The highest BCUT2D eigenvalue weighted by atomic mass is 16.6. The Kier molecular flexibility index (Phi) is 4.77. The molecular weight excluding hydrogens is 218 g/mol. The molecule has 2 unspecified atom stereocenters. The van der Waals surface area contributed by atoms with Crippen LogP contribution in [0.15, 0.2) is 0 Å². The molecule has 5 nitrogen and oxygen atoms in total. The van der Waals surface area contributed by atoms with Crippen LogP contribution in [0.5, 0.6) is 0 Å². The van der Waals surface area contributed by atoms with Gasteiger partial charge in [-0.25, -0.2) is 4.79 Å². The van der Waals surface area contributed by atoms with E-state index in [1.807, 2.05) is 27.7 Å². The number of ether oxygens (including phenoxy) is 1. The van der Waals surface area contributed by atoms with Crippen molar-refractivity contribution in [3.63, 3.8) is 0 Å². The Morgan fingerprint density at radius 2 is 2.12 bits per heavy atom. The van der Waals surface area contributed by atoms with E-state index in [0.717, 1.165) is 25.8 Å². The largest absolute Gasteiger partial charge is 0.444 e. The number of likely N-dealkylation sites (tertiary alicyclic amines) is 1. The highest BCUT2D eigenvalue weighted by molar-refractivity contribution is 5.68. The first-order chi connectivity index (χ1) is 7.85. The topological polar surface area (TPSA) is 67.6 Å². The van der Waals surface area contributed by atoms with Crippen LogP contribution < -0.4 is 11.3 Å². The van der Waals surface area contributed by atoms with Gasteiger partial charge in [-0.05, 0) is 47.0 Å². The molecule has 3 N–H and O–H groups in total. The molecule has 2 atom stereocenters. The fourth-order valence-corrected chi connectivity index (χ4v) is 2.14. The Hall–Kier alpha value is -0.810. The fraction of sp³-hybridized carbons (Fsp3) is 0.917. The smallest absolute Gasteiger partial charge is 0.410 e. The molecule has 1 heterocycles. The molecule has 100 valence electrons. The van der Waals surface area contributed by atoms with Crippen LogP contribution in [0.2, 0.25) is 0 Å². The van der Waals surface area contributed by atoms with Crippen LogP contribution in [0.3, 0.4) is 0 Å². The summed E-state index contributed by atoms with van der Waals surface area (Å²) in [5.74, 6) is 5.46. The normalized spacial score (nSPS) is 23.4. The Bertz CT molecular complexity index is 263. The molecule has 1 rings (SSSR count). The first kappa shape index (κ1) is 14.3. The Morgan fingerprint density at radius 1 is 1.47 bits per heavy atom. The number of piperidine rings is 1. The van der Waals surface area contributed by atoms with Crippen molar-refractivity contribution in [1.29, 1.82) is 0 Å². The molecule has 0 aromatic heterocycles. The molecule has 1 aliphatic heterocycles. The SMILES string of the molecule is CC(NN)C1CCCCN1C(=O)OC(C)(C)C. The average Bonchev–Trinajstić information content (AvgIpc) is 2.25. The van der Waals surface area contributed by atoms with E-state index >= 15 is 0 Å². The van der Waals surface area contributed by atoms with Gasteiger partial charge in [0.25, 0.3) is 0 Å². The molecular formula is C12H25N3O2. The van der Waals surface area contributed by atoms with E-state index in [2.05, 4.69) is 5.43 Å². The van der Waals surface area contributed by atoms with Crippen molar-refractivity contribution in [3.05, 3.63) is 0 Å². The summed E-state index contributed by atoms with van der Waals surface area (Å²) in [6, 6.07) is 0.214. The van der Waals surface area contributed by atoms with Gasteiger partial charge in [0, 0.05) is 12.6 Å². The molecule has 5 heteroatoms. The average molecular weight is 243 g/mol. The van der Waals surface area contributed by atoms with Gasteiger partial charge in [0.15, 0.2) is 0 Å². The summed E-state index contributed by atoms with van der Waals surface area (Å²) in [6.45, 7) is 8.40. The molecule has 0 radical (unpaired) electrons. The van der Waals surface area contributed by atoms with Gasteiger partial charge in [0.05, 0.1) is 6.04 Å². The summed E-state index contributed by atoms with van der Waals surface area (Å²) in [6.07, 6.45) is 2.91. The number of carbonyl (C=O) groups excluding carboxylic acids is 1. The lowest BCUT2D eigenvalue weighted by Gasteiger charge is -2.39. The third kappa shape index (κ3) is 4.16. The Morgan fingerprint density at radius 3 is 2.65 bits per heavy atom. The zero-order chi connectivity index (χ0) is 13.1. The third-order valence-electron chi connectivity index (χ3n) is 3.02. The van der Waals surface area contributed by atoms with Gasteiger partial charge in [-0.1, -0.05) is 0 Å². The number of hydrazine groups is 1. The highest BCUT2D eigenvalue weighted by Crippen LogP contribution is 2.22. The minimum absolute atomic E-state index is 0.0859. The zero-order valence-corrected chi connectivity index (χ0v) is 11.3. The van der Waals surface area contributed by atoms with Crippen molar-refractivity contribution in [2.75, 3.05) is 6.54 Å². The minimum Gasteiger partial charge on any atom is -0.444 e. The van der Waals surface area contributed by atoms with E-state index in [-0.39, 0.29) is 18.2 Å². The summed E-state index contributed by atoms with van der Waals surface area (Å²) in [5.41, 5.74) is 2.29. The summed E-state index contributed by atoms with van der Waals surface area (Å²) < 4.78 is 5.42. The first-order valence-corrected chi connectivity index (χ1v) is 6.31. The lowest BCUT2D eigenvalue weighted by molar-refractivity contribution is 0.00564. The maximum atomic E-state index is 12.1. The van der Waals surface area contributed by atoms with Gasteiger partial charge in [-0.3, -0.25) is 11.3 Å². The summed E-state index contributed by atoms with van der Waals surface area (Å²) in [7, 11) is 0. The van der Waals surface area contributed by atoms with Crippen molar-refractivity contribution >= 4 is 6.09 Å². The van der Waals surface area contributed by atoms with Crippen LogP contribution in [-0.4, -0.2) is 35.2 Å². The molecule has 0 aromatic carbocycles. The standard InChI is InChI=1S/C12H25N3O2/c1-9(14-13)10-7-5-6-8-15(10)11(16)17-12(2,3)4/h9-10,14H,5-8,13H2,1-4H3. The van der Waals surface area contributed by atoms with Crippen molar-refractivity contribution < 1.29 is 9.53 Å². The van der Waals surface area contributed by atoms with Gasteiger partial charge in [-0.15, -0.1) is 0 Å². The molecule has 1 amide bonds. The Balaban J connectivity index is 2.67. The second kappa shape index (κ2) is 5.69. The second-order valence-electron chi connectivity index (χ2n) is 5.69. The zero-order valence-electron chi connectivity index (χ0n) is 11.3. The van der Waals surface area contributed by atoms with Gasteiger partial charge in [0.2, 0.25) is 0 Å². The van der Waals surface area contributed by atoms with Crippen LogP contribution in [0.1, 0.15) is 47.0 Å². The van der Waals surface area contributed by atoms with Gasteiger partial charge in [0.1, 0.15) is 5.60 Å². The van der Waals surface area contributed by atoms with E-state index in [1.54, 1.807) is 4.90 Å². The van der Waals surface area contributed by atoms with Crippen molar-refractivity contribution in [3.8, 4) is 0 Å². The lowest BCUT2D eigenvalue weighted by Crippen LogP contribution is -2.55. The van der Waals surface area contributed by atoms with E-state index < -0.39 is 5.60 Å². The Labute approximate surface area is 104 Å². The number of hydrogen-bond donors (Lipinski definition) is 2. The van der Waals surface area contributed by atoms with Crippen molar-refractivity contribution in [1.82, 2.24) is 10.3 Å². The van der Waals surface area contributed by atoms with Crippen molar-refractivity contribution in [2.45, 2.75) is 64.6 Å². The number of carbonyl (C=O) groups is 1. The van der Waals surface area contributed by atoms with Crippen LogP contribution in [0.4, 0.5) is 4.79 Å². The molecule has 1 fully saturated rings. The molecule has 1 saturated heterocycles. The van der Waals surface area contributed by atoms with Crippen molar-refractivity contribution in [2.24, 2.45) is 5.84 Å². The van der Waals surface area contributed by atoms with E-state index in [0.29, 0.717) is 0 Å². The number of rotatable bonds is 2. The van der Waals surface area contributed by atoms with E-state index in [1.165, 1.54) is 0 Å². The number of nitrogens with two attached hydrogens (primary N) is 1. The molecule has 0 spiro atoms. The molecule has 1 aliphatic rings. The minimum atomic E-state index is -0.446. The fourth-order valence-electron chi connectivity index (χ4n) is 2.14. The van der Waals surface area contributed by atoms with Crippen LogP contribution >= 0.6 is 0 Å².